The van der Waals surface area contributed by atoms with Gasteiger partial charge in [-0.2, -0.15) is 5.10 Å². The number of alkyl halides is 3. The highest BCUT2D eigenvalue weighted by atomic mass is 19.4. The van der Waals surface area contributed by atoms with Crippen molar-refractivity contribution in [1.29, 1.82) is 0 Å². The van der Waals surface area contributed by atoms with E-state index < -0.39 is 23.6 Å². The monoisotopic (exact) mass is 549 g/mol. The Morgan fingerprint density at radius 2 is 1.74 bits per heavy atom. The van der Waals surface area contributed by atoms with Gasteiger partial charge >= 0.3 is 6.36 Å². The summed E-state index contributed by atoms with van der Waals surface area (Å²) in [6, 6.07) is 8.47. The molecule has 5 rings (SSSR count). The van der Waals surface area contributed by atoms with Crippen LogP contribution in [0.25, 0.3) is 11.3 Å². The number of aromatic nitrogens is 6. The maximum Gasteiger partial charge on any atom is 0.573 e. The minimum atomic E-state index is -4.77. The van der Waals surface area contributed by atoms with Crippen LogP contribution in [0.5, 0.6) is 5.75 Å². The quantitative estimate of drug-likeness (QED) is 0.333. The molecule has 2 aromatic heterocycles. The highest BCUT2D eigenvalue weighted by Gasteiger charge is 2.37. The lowest BCUT2D eigenvalue weighted by Crippen LogP contribution is -2.47. The Morgan fingerprint density at radius 3 is 2.38 bits per heavy atom. The van der Waals surface area contributed by atoms with Gasteiger partial charge < -0.3 is 9.84 Å². The molecule has 1 N–H and O–H groups in total. The van der Waals surface area contributed by atoms with Crippen molar-refractivity contribution in [1.82, 2.24) is 34.7 Å². The van der Waals surface area contributed by atoms with E-state index in [4.69, 9.17) is 0 Å². The van der Waals surface area contributed by atoms with Crippen LogP contribution in [0.2, 0.25) is 0 Å². The molecule has 1 saturated heterocycles. The van der Waals surface area contributed by atoms with Crippen LogP contribution in [-0.4, -0.2) is 65.8 Å². The van der Waals surface area contributed by atoms with E-state index in [0.717, 1.165) is 12.1 Å². The lowest BCUT2D eigenvalue weighted by atomic mass is 9.91. The average molecular weight is 550 g/mol. The molecule has 0 spiro atoms. The van der Waals surface area contributed by atoms with Crippen LogP contribution in [0.3, 0.4) is 0 Å². The Kier molecular flexibility index (Phi) is 7.32. The number of nitrogens with zero attached hydrogens (tertiary/aromatic N) is 7. The summed E-state index contributed by atoms with van der Waals surface area (Å²) in [6.45, 7) is 1.13. The second kappa shape index (κ2) is 10.7. The summed E-state index contributed by atoms with van der Waals surface area (Å²) in [5.74, 6) is -1.91. The molecule has 1 unspecified atom stereocenters. The van der Waals surface area contributed by atoms with Gasteiger partial charge in [-0.15, -0.1) is 18.3 Å². The molecule has 9 nitrogen and oxygen atoms in total. The number of likely N-dealkylation sites (tertiary alicyclic amines) is 1. The van der Waals surface area contributed by atoms with E-state index in [-0.39, 0.29) is 30.4 Å². The number of hydrogen-bond donors (Lipinski definition) is 1. The zero-order valence-electron chi connectivity index (χ0n) is 20.5. The molecule has 3 heterocycles. The molecule has 0 radical (unpaired) electrons. The molecule has 0 amide bonds. The number of hydrogen-bond acceptors (Lipinski definition) is 7. The van der Waals surface area contributed by atoms with Gasteiger partial charge in [0.05, 0.1) is 18.8 Å². The van der Waals surface area contributed by atoms with Crippen molar-refractivity contribution in [2.75, 3.05) is 19.6 Å². The second-order valence-corrected chi connectivity index (χ2v) is 9.41. The summed E-state index contributed by atoms with van der Waals surface area (Å²) in [7, 11) is 0. The van der Waals surface area contributed by atoms with E-state index in [1.807, 2.05) is 4.90 Å². The van der Waals surface area contributed by atoms with Gasteiger partial charge in [0.1, 0.15) is 41.3 Å². The number of β-amino-alcohol motifs (C(OH)–C–C–N with tert-alkyl or cyclic N) is 1. The highest BCUT2D eigenvalue weighted by molar-refractivity contribution is 5.58. The Morgan fingerprint density at radius 1 is 1.00 bits per heavy atom. The molecule has 0 bridgehead atoms. The third-order valence-electron chi connectivity index (χ3n) is 6.63. The van der Waals surface area contributed by atoms with Crippen molar-refractivity contribution in [2.24, 2.45) is 0 Å². The van der Waals surface area contributed by atoms with Crippen molar-refractivity contribution >= 4 is 0 Å². The van der Waals surface area contributed by atoms with Crippen LogP contribution in [0.4, 0.5) is 22.0 Å². The van der Waals surface area contributed by atoms with Gasteiger partial charge in [0.2, 0.25) is 0 Å². The lowest BCUT2D eigenvalue weighted by Gasteiger charge is -2.38. The molecule has 1 aliphatic heterocycles. The van der Waals surface area contributed by atoms with Crippen molar-refractivity contribution < 1.29 is 31.8 Å². The topological polar surface area (TPSA) is 94.1 Å². The molecule has 1 aliphatic rings. The second-order valence-electron chi connectivity index (χ2n) is 9.41. The lowest BCUT2D eigenvalue weighted by molar-refractivity contribution is -0.274. The van der Waals surface area contributed by atoms with E-state index in [2.05, 4.69) is 25.1 Å². The van der Waals surface area contributed by atoms with Crippen molar-refractivity contribution in [3.05, 3.63) is 78.5 Å². The predicted octanol–water partition coefficient (Wildman–Crippen LogP) is 3.94. The molecular weight excluding hydrogens is 525 g/mol. The summed E-state index contributed by atoms with van der Waals surface area (Å²) in [4.78, 5) is 5.87. The maximum absolute atomic E-state index is 14.7. The number of ether oxygens (including phenoxy) is 1. The summed E-state index contributed by atoms with van der Waals surface area (Å²) in [5.41, 5.74) is -0.632. The first kappa shape index (κ1) is 26.7. The normalized spacial score (nSPS) is 16.8. The van der Waals surface area contributed by atoms with E-state index in [1.54, 1.807) is 10.9 Å². The zero-order valence-corrected chi connectivity index (χ0v) is 20.5. The zero-order chi connectivity index (χ0) is 27.6. The highest BCUT2D eigenvalue weighted by Crippen LogP contribution is 2.31. The molecule has 206 valence electrons. The molecule has 1 atom stereocenters. The van der Waals surface area contributed by atoms with Gasteiger partial charge in [0.15, 0.2) is 0 Å². The Balaban J connectivity index is 1.24. The van der Waals surface area contributed by atoms with Gasteiger partial charge in [0.25, 0.3) is 0 Å². The van der Waals surface area contributed by atoms with Crippen LogP contribution >= 0.6 is 0 Å². The molecule has 14 heteroatoms. The van der Waals surface area contributed by atoms with Crippen LogP contribution in [0.15, 0.2) is 61.3 Å². The molecular formula is C25H24F5N7O2. The molecule has 4 aromatic rings. The molecule has 0 aliphatic carbocycles. The van der Waals surface area contributed by atoms with Crippen LogP contribution in [-0.2, 0) is 12.1 Å². The fourth-order valence-corrected chi connectivity index (χ4v) is 4.80. The first-order valence-electron chi connectivity index (χ1n) is 12.1. The van der Waals surface area contributed by atoms with Gasteiger partial charge in [-0.1, -0.05) is 11.3 Å². The van der Waals surface area contributed by atoms with Gasteiger partial charge in [-0.25, -0.2) is 23.1 Å². The van der Waals surface area contributed by atoms with Crippen LogP contribution in [0.1, 0.15) is 24.4 Å². The average Bonchev–Trinajstić information content (AvgIpc) is 3.56. The first-order chi connectivity index (χ1) is 18.6. The third-order valence-corrected chi connectivity index (χ3v) is 6.63. The van der Waals surface area contributed by atoms with Gasteiger partial charge in [-0.05, 0) is 43.2 Å². The van der Waals surface area contributed by atoms with E-state index in [9.17, 15) is 27.1 Å². The minimum Gasteiger partial charge on any atom is -0.406 e. The largest absolute Gasteiger partial charge is 0.573 e. The number of aliphatic hydroxyl groups is 1. The Hall–Kier alpha value is -3.91. The van der Waals surface area contributed by atoms with Crippen LogP contribution in [0, 0.1) is 11.6 Å². The summed E-state index contributed by atoms with van der Waals surface area (Å²) in [5, 5.41) is 24.0. The van der Waals surface area contributed by atoms with Gasteiger partial charge in [-0.3, -0.25) is 4.90 Å². The van der Waals surface area contributed by atoms with Crippen LogP contribution < -0.4 is 4.74 Å². The number of rotatable bonds is 8. The summed E-state index contributed by atoms with van der Waals surface area (Å²) in [6.07, 6.45) is 1.01. The molecule has 39 heavy (non-hydrogen) atoms. The fraction of sp³-hybridized carbons (Fsp3) is 0.360. The third kappa shape index (κ3) is 6.40. The van der Waals surface area contributed by atoms with Gasteiger partial charge in [0, 0.05) is 36.8 Å². The van der Waals surface area contributed by atoms with E-state index >= 15 is 0 Å². The molecule has 0 saturated carbocycles. The van der Waals surface area contributed by atoms with Crippen molar-refractivity contribution in [3.63, 3.8) is 0 Å². The van der Waals surface area contributed by atoms with Crippen molar-refractivity contribution in [2.45, 2.75) is 37.4 Å². The predicted molar refractivity (Wildman–Crippen MR) is 127 cm³/mol. The van der Waals surface area contributed by atoms with E-state index in [0.29, 0.717) is 37.2 Å². The smallest absolute Gasteiger partial charge is 0.406 e. The molecule has 1 fully saturated rings. The number of benzene rings is 2. The first-order valence-corrected chi connectivity index (χ1v) is 12.1. The summed E-state index contributed by atoms with van der Waals surface area (Å²) < 4.78 is 72.4. The fourth-order valence-electron chi connectivity index (χ4n) is 4.80. The summed E-state index contributed by atoms with van der Waals surface area (Å²) >= 11 is 0. The number of piperidine rings is 1. The van der Waals surface area contributed by atoms with Crippen molar-refractivity contribution in [3.8, 4) is 17.0 Å². The minimum absolute atomic E-state index is 0.00121. The Bertz CT molecular complexity index is 1390. The van der Waals surface area contributed by atoms with E-state index in [1.165, 1.54) is 47.7 Å². The standard InChI is InChI=1S/C25H24F5N7O2/c26-18-3-6-21(22(27)11-18)24(38,14-36-16-31-15-32-36)13-35-9-7-19(8-10-35)37-12-23(33-34-37)17-1-4-20(5-2-17)39-25(28,29)30/h1-6,11-12,15-16,19,38H,7-10,13-14H2. The Labute approximate surface area is 219 Å². The number of halogens is 5. The SMILES string of the molecule is OC(CN1CCC(n2cc(-c3ccc(OC(F)(F)F)cc3)nn2)CC1)(Cn1cncn1)c1ccc(F)cc1F. The maximum atomic E-state index is 14.7. The molecule has 2 aromatic carbocycles.